The number of carbonyl (C=O) groups is 20. The van der Waals surface area contributed by atoms with Gasteiger partial charge in [0, 0.05) is 121 Å². The van der Waals surface area contributed by atoms with Gasteiger partial charge in [0.1, 0.15) is 90.6 Å². The fraction of sp³-hybridized carbons (Fsp3) is 0.451. The Balaban J connectivity index is 0.869. The number of benzene rings is 5. The van der Waals surface area contributed by atoms with E-state index in [-0.39, 0.29) is 103 Å². The highest BCUT2D eigenvalue weighted by Crippen LogP contribution is 2.28. The molecular weight excluding hydrogens is 1970 g/mol. The van der Waals surface area contributed by atoms with Gasteiger partial charge in [-0.05, 0) is 129 Å². The van der Waals surface area contributed by atoms with E-state index in [1.54, 1.807) is 180 Å². The number of unbranched alkanes of at least 4 members (excludes halogenated alkanes) is 1. The summed E-state index contributed by atoms with van der Waals surface area (Å²) in [7, 11) is 0. The van der Waals surface area contributed by atoms with Gasteiger partial charge in [0.15, 0.2) is 0 Å². The quantitative estimate of drug-likeness (QED) is 0.0169. The van der Waals surface area contributed by atoms with Crippen LogP contribution in [0.3, 0.4) is 0 Å². The molecule has 16 atom stereocenters. The van der Waals surface area contributed by atoms with Crippen LogP contribution in [0.2, 0.25) is 0 Å². The molecule has 149 heavy (non-hydrogen) atoms. The van der Waals surface area contributed by atoms with Crippen molar-refractivity contribution in [1.29, 1.82) is 0 Å². The molecule has 800 valence electrons. The minimum atomic E-state index is -1.80. The number of amides is 17. The van der Waals surface area contributed by atoms with Crippen molar-refractivity contribution in [3.05, 3.63) is 180 Å². The number of carbonyl (C=O) groups excluding carboxylic acids is 17. The number of aromatic nitrogens is 3. The Morgan fingerprint density at radius 2 is 0.718 bits per heavy atom. The zero-order chi connectivity index (χ0) is 108. The number of thiol groups is 2. The van der Waals surface area contributed by atoms with Gasteiger partial charge in [-0.3, -0.25) is 91.1 Å². The summed E-state index contributed by atoms with van der Waals surface area (Å²) in [6, 6.07) is 12.7. The van der Waals surface area contributed by atoms with E-state index in [4.69, 9.17) is 22.9 Å². The molecule has 45 nitrogen and oxygen atoms in total. The first-order valence-corrected chi connectivity index (χ1v) is 50.6. The maximum Gasteiger partial charge on any atom is 0.326 e. The van der Waals surface area contributed by atoms with Crippen LogP contribution < -0.4 is 92.1 Å². The van der Waals surface area contributed by atoms with Crippen molar-refractivity contribution in [3.63, 3.8) is 0 Å². The summed E-state index contributed by atoms with van der Waals surface area (Å²) in [5, 5.41) is 65.4. The number of fused-ring (bicyclic) bond motifs is 3. The first-order valence-electron chi connectivity index (χ1n) is 49.3. The van der Waals surface area contributed by atoms with Crippen molar-refractivity contribution < 1.29 is 111 Å². The Morgan fingerprint density at radius 3 is 1.11 bits per heavy atom. The second-order valence-electron chi connectivity index (χ2n) is 37.8. The molecule has 0 unspecified atom stereocenters. The summed E-state index contributed by atoms with van der Waals surface area (Å²) in [4.78, 5) is 295. The second kappa shape index (κ2) is 56.0. The van der Waals surface area contributed by atoms with Crippen molar-refractivity contribution in [2.24, 2.45) is 34.8 Å². The van der Waals surface area contributed by atoms with E-state index < -0.39 is 271 Å². The number of rotatable bonds is 58. The van der Waals surface area contributed by atoms with Gasteiger partial charge in [-0.2, -0.15) is 25.3 Å². The average molecular weight is 2100 g/mol. The second-order valence-corrected chi connectivity index (χ2v) is 38.6. The van der Waals surface area contributed by atoms with Gasteiger partial charge in [-0.1, -0.05) is 143 Å². The number of aromatic amines is 3. The zero-order valence-electron chi connectivity index (χ0n) is 82.9. The molecule has 47 heteroatoms. The van der Waals surface area contributed by atoms with Crippen LogP contribution in [-0.4, -0.2) is 286 Å². The minimum absolute atomic E-state index is 0.0280. The Labute approximate surface area is 868 Å². The highest BCUT2D eigenvalue weighted by Gasteiger charge is 2.45. The third-order valence-electron chi connectivity index (χ3n) is 25.8. The van der Waals surface area contributed by atoms with Crippen LogP contribution in [0.4, 0.5) is 0 Å². The van der Waals surface area contributed by atoms with Gasteiger partial charge >= 0.3 is 17.9 Å². The van der Waals surface area contributed by atoms with E-state index in [9.17, 15) is 77.6 Å². The number of carboxylic acids is 3. The molecule has 5 heterocycles. The molecule has 17 amide bonds. The summed E-state index contributed by atoms with van der Waals surface area (Å²) in [6.45, 7) is 6.66. The number of hydrogen-bond donors (Lipinski definition) is 25. The summed E-state index contributed by atoms with van der Waals surface area (Å²) in [5.74, 6) is -22.4. The van der Waals surface area contributed by atoms with E-state index in [2.05, 4.69) is 109 Å². The molecule has 0 saturated carbocycles. The minimum Gasteiger partial charge on any atom is -0.481 e. The van der Waals surface area contributed by atoms with Crippen LogP contribution in [0.15, 0.2) is 152 Å². The first-order chi connectivity index (χ1) is 71.1. The van der Waals surface area contributed by atoms with Gasteiger partial charge in [-0.15, -0.1) is 0 Å². The number of hydrogen-bond acceptors (Lipinski definition) is 24. The van der Waals surface area contributed by atoms with Crippen LogP contribution in [0, 0.1) is 11.8 Å². The van der Waals surface area contributed by atoms with Crippen LogP contribution in [0.25, 0.3) is 32.7 Å². The molecule has 5 aromatic carbocycles. The number of carboxylic acid groups (broad SMARTS) is 3. The van der Waals surface area contributed by atoms with E-state index in [0.717, 1.165) is 4.90 Å². The van der Waals surface area contributed by atoms with E-state index in [1.165, 1.54) is 4.90 Å². The standard InChI is InChI=1S/C102H132N22O23S2/c1-54(2)41-77(102(146)147)119-98(142)81-33-20-40-124(81)101(145)76(48-83(106)126)118-96(140)78(52-148)120-91(135)72(43-57-23-9-6-10-24-57)115-93(137)73(44-58-49-107-65-28-14-11-25-61(58)65)116-88(132)68(34-36-82(105)125)111-97(141)80-32-19-39-123(80)100(144)70(31-17-18-38-103)112-90(134)71(42-56-21-7-5-8-22-56)114-92(136)74(45-59-50-108-66-29-15-12-26-62(59)66)117-89(133)69(35-37-84(127)128)110-95(139)79(53-149)121-99(143)86(55(3)4)122-94(138)75(113-87(131)64(104)47-85(129)130)46-60-51-109-67-30-16-13-27-63(60)67/h5-16,21-30,49-51,54-55,64,68-81,86,107-109,148-149H,17-20,31-48,52-53,103-104H2,1-4H3,(H2,105,125)(H2,106,126)(H,110,139)(H,111,141)(H,112,134)(H,113,131)(H,114,136)(H,115,137)(H,116,132)(H,117,133)(H,118,140)(H,119,142)(H,120,135)(H,121,143)(H,122,138)(H,127,128)(H,129,130)(H,146,147)/t64-,68-,69-,70-,71-,72-,73-,74-,75-,76-,77-,78-,79-,80-,81-,86-/m0/s1. The highest BCUT2D eigenvalue weighted by atomic mass is 32.1. The van der Waals surface area contributed by atoms with Crippen molar-refractivity contribution in [2.45, 2.75) is 246 Å². The Kier molecular flexibility index (Phi) is 43.5. The van der Waals surface area contributed by atoms with Gasteiger partial charge in [0.2, 0.25) is 100 Å². The van der Waals surface area contributed by atoms with Crippen LogP contribution in [0.5, 0.6) is 0 Å². The summed E-state index contributed by atoms with van der Waals surface area (Å²) < 4.78 is 0. The smallest absolute Gasteiger partial charge is 0.326 e. The summed E-state index contributed by atoms with van der Waals surface area (Å²) in [6.07, 6.45) is 0.471. The van der Waals surface area contributed by atoms with Crippen LogP contribution >= 0.6 is 25.3 Å². The number of nitrogens with one attached hydrogen (secondary N) is 16. The normalized spacial score (nSPS) is 16.2. The molecule has 2 aliphatic heterocycles. The topological polar surface area (TPSA) is 716 Å². The fourth-order valence-corrected chi connectivity index (χ4v) is 18.5. The average Bonchev–Trinajstić information content (AvgIpc) is 1.69. The lowest BCUT2D eigenvalue weighted by molar-refractivity contribution is -0.145. The largest absolute Gasteiger partial charge is 0.481 e. The molecule has 0 spiro atoms. The van der Waals surface area contributed by atoms with E-state index >= 15 is 33.6 Å². The molecule has 2 fully saturated rings. The number of likely N-dealkylation sites (tertiary alicyclic amines) is 2. The van der Waals surface area contributed by atoms with Gasteiger partial charge < -0.3 is 132 Å². The van der Waals surface area contributed by atoms with Crippen LogP contribution in [0.1, 0.15) is 145 Å². The Hall–Kier alpha value is -15.3. The molecule has 10 rings (SSSR count). The number of nitrogens with zero attached hydrogens (tertiary/aromatic N) is 2. The van der Waals surface area contributed by atoms with E-state index in [1.807, 2.05) is 0 Å². The lowest BCUT2D eigenvalue weighted by Gasteiger charge is -2.31. The number of primary amides is 2. The maximum atomic E-state index is 15.5. The number of H-pyrrole nitrogens is 3. The molecule has 3 aromatic heterocycles. The molecule has 0 radical (unpaired) electrons. The number of aliphatic carboxylic acids is 3. The SMILES string of the molecule is CC(C)C[C@H](NC(=O)[C@@H]1CCCN1C(=O)[C@H](CC(N)=O)NC(=O)[C@H](CS)NC(=O)[C@H](Cc1ccccc1)NC(=O)[C@H](Cc1c[nH]c2ccccc12)NC(=O)[C@H](CCC(N)=O)NC(=O)[C@@H]1CCCN1C(=O)[C@H](CCCCN)NC(=O)[C@H](Cc1ccccc1)NC(=O)[C@H](Cc1c[nH]c2ccccc12)NC(=O)[C@H](CCC(=O)O)NC(=O)[C@H](CS)NC(=O)[C@@H](NC(=O)[C@H](Cc1c[nH]c2ccccc12)NC(=O)[C@@H](N)CC(=O)O)C(C)C)C(=O)O. The molecule has 0 bridgehead atoms. The predicted octanol–water partition coefficient (Wildman–Crippen LogP) is -0.489. The lowest BCUT2D eigenvalue weighted by Crippen LogP contribution is -2.62. The van der Waals surface area contributed by atoms with Crippen LogP contribution in [-0.2, 0) is 128 Å². The zero-order valence-corrected chi connectivity index (χ0v) is 84.7. The number of para-hydroxylation sites is 3. The molecule has 0 aliphatic carbocycles. The van der Waals surface area contributed by atoms with Gasteiger partial charge in [0.25, 0.3) is 0 Å². The van der Waals surface area contributed by atoms with E-state index in [0.29, 0.717) is 66.9 Å². The van der Waals surface area contributed by atoms with Crippen molar-refractivity contribution >= 4 is 176 Å². The van der Waals surface area contributed by atoms with Crippen molar-refractivity contribution in [1.82, 2.24) is 93.9 Å². The van der Waals surface area contributed by atoms with Gasteiger partial charge in [-0.25, -0.2) is 4.79 Å². The van der Waals surface area contributed by atoms with Crippen molar-refractivity contribution in [2.75, 3.05) is 31.1 Å². The molecular formula is C102H132N22O23S2. The number of nitrogens with two attached hydrogens (primary N) is 4. The lowest BCUT2D eigenvalue weighted by atomic mass is 10.00. The Morgan fingerprint density at radius 1 is 0.369 bits per heavy atom. The highest BCUT2D eigenvalue weighted by molar-refractivity contribution is 7.80. The first kappa shape index (κ1) is 116. The Bertz CT molecular complexity index is 6120. The summed E-state index contributed by atoms with van der Waals surface area (Å²) in [5.41, 5.74) is 27.6. The van der Waals surface area contributed by atoms with Gasteiger partial charge in [0.05, 0.1) is 18.9 Å². The molecule has 27 N–H and O–H groups in total. The molecule has 2 saturated heterocycles. The predicted molar refractivity (Wildman–Crippen MR) is 553 cm³/mol. The monoisotopic (exact) mass is 2100 g/mol. The molecule has 2 aliphatic rings. The third kappa shape index (κ3) is 33.6. The third-order valence-corrected chi connectivity index (χ3v) is 26.5. The summed E-state index contributed by atoms with van der Waals surface area (Å²) >= 11 is 8.72. The maximum absolute atomic E-state index is 15.5. The van der Waals surface area contributed by atoms with Crippen molar-refractivity contribution in [3.8, 4) is 0 Å². The molecule has 8 aromatic rings. The fourth-order valence-electron chi connectivity index (χ4n) is 18.0.